The van der Waals surface area contributed by atoms with E-state index >= 15 is 0 Å². The minimum Gasteiger partial charge on any atom is -0.385 e. The number of benzene rings is 1. The number of nitrogens with zero attached hydrogens (tertiary/aromatic N) is 3. The molecule has 2 aromatic rings. The van der Waals surface area contributed by atoms with E-state index in [0.29, 0.717) is 32.7 Å². The van der Waals surface area contributed by atoms with Crippen LogP contribution in [0.2, 0.25) is 0 Å². The minimum absolute atomic E-state index is 0.0363. The SMILES string of the molecule is CCCCN(Cc1cccn1C)C(=O)CN(CCCOC)C(=O)Nc1ccc(C)cc1C. The second-order valence-electron chi connectivity index (χ2n) is 8.30. The lowest BCUT2D eigenvalue weighted by Gasteiger charge is -2.28. The Morgan fingerprint density at radius 2 is 1.84 bits per heavy atom. The predicted octanol–water partition coefficient (Wildman–Crippen LogP) is 4.34. The summed E-state index contributed by atoms with van der Waals surface area (Å²) in [5.41, 5.74) is 3.96. The maximum Gasteiger partial charge on any atom is 0.322 e. The third-order valence-corrected chi connectivity index (χ3v) is 5.55. The number of anilines is 1. The van der Waals surface area contributed by atoms with Crippen molar-refractivity contribution in [3.63, 3.8) is 0 Å². The van der Waals surface area contributed by atoms with Crippen LogP contribution >= 0.6 is 0 Å². The molecule has 32 heavy (non-hydrogen) atoms. The van der Waals surface area contributed by atoms with E-state index in [1.54, 1.807) is 12.0 Å². The van der Waals surface area contributed by atoms with Gasteiger partial charge in [-0.05, 0) is 50.5 Å². The normalized spacial score (nSPS) is 10.8. The van der Waals surface area contributed by atoms with Crippen molar-refractivity contribution >= 4 is 17.6 Å². The number of rotatable bonds is 12. The summed E-state index contributed by atoms with van der Waals surface area (Å²) in [7, 11) is 3.61. The van der Waals surface area contributed by atoms with E-state index in [1.165, 1.54) is 0 Å². The summed E-state index contributed by atoms with van der Waals surface area (Å²) < 4.78 is 7.18. The van der Waals surface area contributed by atoms with E-state index < -0.39 is 0 Å². The van der Waals surface area contributed by atoms with Crippen molar-refractivity contribution in [2.45, 2.75) is 46.6 Å². The fraction of sp³-hybridized carbons (Fsp3) is 0.520. The van der Waals surface area contributed by atoms with E-state index in [0.717, 1.165) is 35.3 Å². The highest BCUT2D eigenvalue weighted by molar-refractivity contribution is 5.93. The molecule has 2 rings (SSSR count). The highest BCUT2D eigenvalue weighted by Crippen LogP contribution is 2.17. The first kappa shape index (κ1) is 25.5. The van der Waals surface area contributed by atoms with Crippen LogP contribution < -0.4 is 5.32 Å². The molecule has 0 aliphatic rings. The molecule has 1 aromatic heterocycles. The fourth-order valence-corrected chi connectivity index (χ4v) is 3.56. The lowest BCUT2D eigenvalue weighted by Crippen LogP contribution is -2.45. The molecule has 7 nitrogen and oxygen atoms in total. The molecule has 0 spiro atoms. The molecule has 1 heterocycles. The zero-order valence-corrected chi connectivity index (χ0v) is 20.2. The molecule has 0 bridgehead atoms. The molecule has 0 saturated carbocycles. The van der Waals surface area contributed by atoms with Gasteiger partial charge in [0.2, 0.25) is 5.91 Å². The van der Waals surface area contributed by atoms with Gasteiger partial charge in [0, 0.05) is 51.4 Å². The summed E-state index contributed by atoms with van der Waals surface area (Å²) in [6, 6.07) is 9.64. The largest absolute Gasteiger partial charge is 0.385 e. The number of unbranched alkanes of at least 4 members (excludes halogenated alkanes) is 1. The van der Waals surface area contributed by atoms with Gasteiger partial charge in [0.05, 0.1) is 6.54 Å². The van der Waals surface area contributed by atoms with E-state index in [4.69, 9.17) is 4.74 Å². The maximum atomic E-state index is 13.3. The molecule has 0 fully saturated rings. The lowest BCUT2D eigenvalue weighted by atomic mass is 10.1. The van der Waals surface area contributed by atoms with Gasteiger partial charge in [0.1, 0.15) is 6.54 Å². The standard InChI is InChI=1S/C25H38N4O3/c1-6-7-14-28(18-22-10-8-13-27(22)4)24(30)19-29(15-9-16-32-5)25(31)26-23-12-11-20(2)17-21(23)3/h8,10-13,17H,6-7,9,14-16,18-19H2,1-5H3,(H,26,31). The quantitative estimate of drug-likeness (QED) is 0.497. The highest BCUT2D eigenvalue weighted by atomic mass is 16.5. The Labute approximate surface area is 192 Å². The molecule has 1 N–H and O–H groups in total. The molecular formula is C25H38N4O3. The van der Waals surface area contributed by atoms with Crippen LogP contribution in [0, 0.1) is 13.8 Å². The van der Waals surface area contributed by atoms with Crippen LogP contribution in [0.4, 0.5) is 10.5 Å². The van der Waals surface area contributed by atoms with Gasteiger partial charge in [0.15, 0.2) is 0 Å². The topological polar surface area (TPSA) is 66.8 Å². The highest BCUT2D eigenvalue weighted by Gasteiger charge is 2.22. The smallest absolute Gasteiger partial charge is 0.322 e. The molecule has 0 atom stereocenters. The molecule has 0 saturated heterocycles. The molecule has 1 aromatic carbocycles. The summed E-state index contributed by atoms with van der Waals surface area (Å²) >= 11 is 0. The van der Waals surface area contributed by atoms with Crippen LogP contribution in [-0.2, 0) is 23.1 Å². The van der Waals surface area contributed by atoms with Gasteiger partial charge in [-0.2, -0.15) is 0 Å². The average molecular weight is 443 g/mol. The number of carbonyl (C=O) groups is 2. The second kappa shape index (κ2) is 12.9. The molecule has 3 amide bonds. The van der Waals surface area contributed by atoms with Crippen LogP contribution in [0.5, 0.6) is 0 Å². The maximum absolute atomic E-state index is 13.3. The number of amides is 3. The summed E-state index contributed by atoms with van der Waals surface area (Å²) in [6.45, 7) is 8.32. The molecular weight excluding hydrogens is 404 g/mol. The van der Waals surface area contributed by atoms with Gasteiger partial charge < -0.3 is 24.4 Å². The monoisotopic (exact) mass is 442 g/mol. The Hall–Kier alpha value is -2.80. The number of aromatic nitrogens is 1. The zero-order chi connectivity index (χ0) is 23.5. The molecule has 0 aliphatic carbocycles. The number of urea groups is 1. The van der Waals surface area contributed by atoms with Gasteiger partial charge in [0.25, 0.3) is 0 Å². The van der Waals surface area contributed by atoms with Crippen molar-refractivity contribution in [1.29, 1.82) is 0 Å². The Kier molecular flexibility index (Phi) is 10.3. The molecule has 176 valence electrons. The predicted molar refractivity (Wildman–Crippen MR) is 129 cm³/mol. The van der Waals surface area contributed by atoms with Crippen molar-refractivity contribution in [2.75, 3.05) is 38.7 Å². The number of hydrogen-bond donors (Lipinski definition) is 1. The van der Waals surface area contributed by atoms with E-state index in [-0.39, 0.29) is 18.5 Å². The minimum atomic E-state index is -0.268. The Morgan fingerprint density at radius 1 is 1.09 bits per heavy atom. The van der Waals surface area contributed by atoms with Gasteiger partial charge in [-0.15, -0.1) is 0 Å². The Bertz CT molecular complexity index is 878. The number of aryl methyl sites for hydroxylation is 3. The Balaban J connectivity index is 2.13. The summed E-state index contributed by atoms with van der Waals surface area (Å²) in [6.07, 6.45) is 4.57. The number of hydrogen-bond acceptors (Lipinski definition) is 3. The number of nitrogens with one attached hydrogen (secondary N) is 1. The Morgan fingerprint density at radius 3 is 2.47 bits per heavy atom. The third-order valence-electron chi connectivity index (χ3n) is 5.55. The van der Waals surface area contributed by atoms with Crippen molar-refractivity contribution in [2.24, 2.45) is 7.05 Å². The first-order valence-corrected chi connectivity index (χ1v) is 11.4. The summed E-state index contributed by atoms with van der Waals surface area (Å²) in [5, 5.41) is 2.98. The van der Waals surface area contributed by atoms with Crippen molar-refractivity contribution in [3.8, 4) is 0 Å². The number of methoxy groups -OCH3 is 1. The van der Waals surface area contributed by atoms with Gasteiger partial charge in [-0.3, -0.25) is 4.79 Å². The summed E-state index contributed by atoms with van der Waals surface area (Å²) in [5.74, 6) is -0.0483. The second-order valence-corrected chi connectivity index (χ2v) is 8.30. The van der Waals surface area contributed by atoms with Crippen LogP contribution in [0.15, 0.2) is 36.5 Å². The van der Waals surface area contributed by atoms with Gasteiger partial charge >= 0.3 is 6.03 Å². The first-order valence-electron chi connectivity index (χ1n) is 11.4. The summed E-state index contributed by atoms with van der Waals surface area (Å²) in [4.78, 5) is 29.8. The lowest BCUT2D eigenvalue weighted by molar-refractivity contribution is -0.132. The van der Waals surface area contributed by atoms with E-state index in [2.05, 4.69) is 12.2 Å². The van der Waals surface area contributed by atoms with Crippen LogP contribution in [0.3, 0.4) is 0 Å². The van der Waals surface area contributed by atoms with Gasteiger partial charge in [-0.25, -0.2) is 4.79 Å². The van der Waals surface area contributed by atoms with Crippen LogP contribution in [-0.4, -0.2) is 59.7 Å². The fourth-order valence-electron chi connectivity index (χ4n) is 3.56. The molecule has 7 heteroatoms. The first-order chi connectivity index (χ1) is 15.3. The van der Waals surface area contributed by atoms with Crippen LogP contribution in [0.25, 0.3) is 0 Å². The van der Waals surface area contributed by atoms with Gasteiger partial charge in [-0.1, -0.05) is 31.0 Å². The van der Waals surface area contributed by atoms with Crippen molar-refractivity contribution in [1.82, 2.24) is 14.4 Å². The third kappa shape index (κ3) is 7.71. The van der Waals surface area contributed by atoms with Crippen molar-refractivity contribution in [3.05, 3.63) is 53.3 Å². The molecule has 0 aliphatic heterocycles. The number of carbonyl (C=O) groups excluding carboxylic acids is 2. The zero-order valence-electron chi connectivity index (χ0n) is 20.2. The van der Waals surface area contributed by atoms with E-state index in [1.807, 2.05) is 66.9 Å². The average Bonchev–Trinajstić information content (AvgIpc) is 3.16. The van der Waals surface area contributed by atoms with Crippen LogP contribution in [0.1, 0.15) is 43.0 Å². The van der Waals surface area contributed by atoms with Crippen molar-refractivity contribution < 1.29 is 14.3 Å². The number of ether oxygens (including phenoxy) is 1. The molecule has 0 radical (unpaired) electrons. The van der Waals surface area contributed by atoms with E-state index in [9.17, 15) is 9.59 Å². The molecule has 0 unspecified atom stereocenters.